The summed E-state index contributed by atoms with van der Waals surface area (Å²) in [7, 11) is 1.83. The van der Waals surface area contributed by atoms with E-state index in [1.807, 2.05) is 60.6 Å². The van der Waals surface area contributed by atoms with Crippen molar-refractivity contribution in [2.45, 2.75) is 0 Å². The quantitative estimate of drug-likeness (QED) is 0.702. The van der Waals surface area contributed by atoms with Crippen LogP contribution in [0.4, 0.5) is 5.82 Å². The molecular formula is C21H22N6O. The Kier molecular flexibility index (Phi) is 4.07. The third-order valence-electron chi connectivity index (χ3n) is 5.75. The van der Waals surface area contributed by atoms with Gasteiger partial charge >= 0.3 is 0 Å². The van der Waals surface area contributed by atoms with Crippen molar-refractivity contribution in [2.24, 2.45) is 18.9 Å². The molecule has 142 valence electrons. The van der Waals surface area contributed by atoms with Gasteiger partial charge in [0.15, 0.2) is 5.82 Å². The number of rotatable bonds is 3. The largest absolute Gasteiger partial charge is 0.354 e. The lowest BCUT2D eigenvalue weighted by molar-refractivity contribution is 0.0776. The maximum Gasteiger partial charge on any atom is 0.274 e. The zero-order valence-corrected chi connectivity index (χ0v) is 15.8. The Balaban J connectivity index is 1.24. The molecule has 0 spiro atoms. The van der Waals surface area contributed by atoms with Crippen LogP contribution in [0.1, 0.15) is 10.5 Å². The highest BCUT2D eigenvalue weighted by molar-refractivity contribution is 5.92. The van der Waals surface area contributed by atoms with Crippen LogP contribution in [0.15, 0.2) is 54.7 Å². The Morgan fingerprint density at radius 2 is 1.68 bits per heavy atom. The van der Waals surface area contributed by atoms with Crippen LogP contribution in [0, 0.1) is 11.8 Å². The Labute approximate surface area is 163 Å². The molecule has 2 aromatic heterocycles. The van der Waals surface area contributed by atoms with Crippen LogP contribution in [-0.2, 0) is 7.05 Å². The van der Waals surface area contributed by atoms with Gasteiger partial charge in [0.1, 0.15) is 5.69 Å². The number of fused-ring (bicyclic) bond motifs is 1. The molecule has 0 radical (unpaired) electrons. The van der Waals surface area contributed by atoms with Crippen molar-refractivity contribution in [3.63, 3.8) is 0 Å². The molecule has 1 amide bonds. The second-order valence-electron chi connectivity index (χ2n) is 7.65. The number of carbonyl (C=O) groups is 1. The van der Waals surface area contributed by atoms with Gasteiger partial charge in [0.25, 0.3) is 5.91 Å². The van der Waals surface area contributed by atoms with Gasteiger partial charge in [0.05, 0.1) is 5.69 Å². The normalized spacial score (nSPS) is 21.2. The summed E-state index contributed by atoms with van der Waals surface area (Å²) in [4.78, 5) is 16.9. The number of amides is 1. The van der Waals surface area contributed by atoms with E-state index < -0.39 is 0 Å². The maximum atomic E-state index is 12.6. The number of aryl methyl sites for hydroxylation is 1. The van der Waals surface area contributed by atoms with E-state index in [-0.39, 0.29) is 5.91 Å². The molecule has 2 saturated heterocycles. The molecular weight excluding hydrogens is 352 g/mol. The minimum atomic E-state index is 0.0357. The molecule has 2 aliphatic rings. The molecule has 2 atom stereocenters. The minimum Gasteiger partial charge on any atom is -0.354 e. The number of nitrogens with zero attached hydrogens (tertiary/aromatic N) is 6. The van der Waals surface area contributed by atoms with E-state index in [1.54, 1.807) is 10.7 Å². The van der Waals surface area contributed by atoms with Crippen molar-refractivity contribution in [3.05, 3.63) is 60.4 Å². The predicted octanol–water partition coefficient (Wildman–Crippen LogP) is 2.09. The average Bonchev–Trinajstić information content (AvgIpc) is 3.43. The molecule has 4 heterocycles. The van der Waals surface area contributed by atoms with Gasteiger partial charge in [-0.3, -0.25) is 9.48 Å². The highest BCUT2D eigenvalue weighted by Crippen LogP contribution is 2.34. The summed E-state index contributed by atoms with van der Waals surface area (Å²) >= 11 is 0. The predicted molar refractivity (Wildman–Crippen MR) is 106 cm³/mol. The number of anilines is 1. The monoisotopic (exact) mass is 374 g/mol. The fourth-order valence-corrected chi connectivity index (χ4v) is 4.29. The van der Waals surface area contributed by atoms with Gasteiger partial charge in [0.2, 0.25) is 0 Å². The first kappa shape index (κ1) is 16.9. The molecule has 3 aromatic rings. The maximum absolute atomic E-state index is 12.6. The molecule has 0 aliphatic carbocycles. The third-order valence-corrected chi connectivity index (χ3v) is 5.75. The van der Waals surface area contributed by atoms with E-state index in [4.69, 9.17) is 0 Å². The van der Waals surface area contributed by atoms with Crippen LogP contribution in [0.5, 0.6) is 0 Å². The smallest absolute Gasteiger partial charge is 0.274 e. The van der Waals surface area contributed by atoms with Crippen molar-refractivity contribution >= 4 is 11.7 Å². The van der Waals surface area contributed by atoms with Crippen molar-refractivity contribution in [2.75, 3.05) is 31.1 Å². The summed E-state index contributed by atoms with van der Waals surface area (Å²) in [6.07, 6.45) is 1.81. The van der Waals surface area contributed by atoms with E-state index in [0.29, 0.717) is 17.5 Å². The molecule has 1 aromatic carbocycles. The average molecular weight is 374 g/mol. The van der Waals surface area contributed by atoms with Gasteiger partial charge in [-0.2, -0.15) is 5.10 Å². The number of hydrogen-bond acceptors (Lipinski definition) is 5. The lowest BCUT2D eigenvalue weighted by Crippen LogP contribution is -2.33. The van der Waals surface area contributed by atoms with Crippen molar-refractivity contribution in [1.82, 2.24) is 24.9 Å². The van der Waals surface area contributed by atoms with E-state index in [1.165, 1.54) is 0 Å². The summed E-state index contributed by atoms with van der Waals surface area (Å²) < 4.78 is 1.67. The molecule has 28 heavy (non-hydrogen) atoms. The summed E-state index contributed by atoms with van der Waals surface area (Å²) in [5.74, 6) is 1.90. The second-order valence-corrected chi connectivity index (χ2v) is 7.65. The first-order chi connectivity index (χ1) is 13.7. The van der Waals surface area contributed by atoms with Gasteiger partial charge in [-0.1, -0.05) is 30.3 Å². The topological polar surface area (TPSA) is 67.2 Å². The molecule has 2 fully saturated rings. The second kappa shape index (κ2) is 6.74. The van der Waals surface area contributed by atoms with Crippen LogP contribution < -0.4 is 4.90 Å². The molecule has 5 rings (SSSR count). The van der Waals surface area contributed by atoms with Crippen LogP contribution in [0.2, 0.25) is 0 Å². The van der Waals surface area contributed by atoms with Crippen molar-refractivity contribution in [1.29, 1.82) is 0 Å². The Bertz CT molecular complexity index is 970. The van der Waals surface area contributed by atoms with Crippen molar-refractivity contribution in [3.8, 4) is 11.3 Å². The van der Waals surface area contributed by atoms with Crippen LogP contribution in [0.3, 0.4) is 0 Å². The minimum absolute atomic E-state index is 0.0357. The molecule has 0 saturated carbocycles. The van der Waals surface area contributed by atoms with E-state index in [2.05, 4.69) is 20.2 Å². The van der Waals surface area contributed by atoms with Crippen LogP contribution in [0.25, 0.3) is 11.3 Å². The van der Waals surface area contributed by atoms with Crippen LogP contribution in [-0.4, -0.2) is 57.0 Å². The summed E-state index contributed by atoms with van der Waals surface area (Å²) in [6, 6.07) is 15.9. The fourth-order valence-electron chi connectivity index (χ4n) is 4.29. The SMILES string of the molecule is Cn1ccc(C(=O)N2CC3CN(c4ccc(-c5ccccc5)nn4)CC3C2)n1. The highest BCUT2D eigenvalue weighted by atomic mass is 16.2. The van der Waals surface area contributed by atoms with Gasteiger partial charge < -0.3 is 9.80 Å². The van der Waals surface area contributed by atoms with E-state index >= 15 is 0 Å². The number of aromatic nitrogens is 4. The lowest BCUT2D eigenvalue weighted by Gasteiger charge is -2.21. The molecule has 2 aliphatic heterocycles. The molecule has 0 bridgehead atoms. The fraction of sp³-hybridized carbons (Fsp3) is 0.333. The number of carbonyl (C=O) groups excluding carboxylic acids is 1. The number of hydrogen-bond donors (Lipinski definition) is 0. The molecule has 7 heteroatoms. The Hall–Kier alpha value is -3.22. The van der Waals surface area contributed by atoms with Gasteiger partial charge in [-0.15, -0.1) is 10.2 Å². The molecule has 7 nitrogen and oxygen atoms in total. The third kappa shape index (κ3) is 3.02. The number of likely N-dealkylation sites (tertiary alicyclic amines) is 1. The summed E-state index contributed by atoms with van der Waals surface area (Å²) in [5.41, 5.74) is 2.49. The first-order valence-electron chi connectivity index (χ1n) is 9.60. The molecule has 2 unspecified atom stereocenters. The van der Waals surface area contributed by atoms with E-state index in [0.717, 1.165) is 43.3 Å². The summed E-state index contributed by atoms with van der Waals surface area (Å²) in [6.45, 7) is 3.39. The van der Waals surface area contributed by atoms with E-state index in [9.17, 15) is 4.79 Å². The highest BCUT2D eigenvalue weighted by Gasteiger charge is 2.42. The zero-order valence-electron chi connectivity index (χ0n) is 15.8. The standard InChI is InChI=1S/C21H22N6O/c1-25-10-9-19(24-25)21(28)27-13-16-11-26(12-17(16)14-27)20-8-7-18(22-23-20)15-5-3-2-4-6-15/h2-10,16-17H,11-14H2,1H3. The van der Waals surface area contributed by atoms with Crippen LogP contribution >= 0.6 is 0 Å². The van der Waals surface area contributed by atoms with Gasteiger partial charge in [-0.25, -0.2) is 0 Å². The van der Waals surface area contributed by atoms with Crippen molar-refractivity contribution < 1.29 is 4.79 Å². The summed E-state index contributed by atoms with van der Waals surface area (Å²) in [5, 5.41) is 13.1. The van der Waals surface area contributed by atoms with Gasteiger partial charge in [-0.05, 0) is 18.2 Å². The molecule has 0 N–H and O–H groups in total. The lowest BCUT2D eigenvalue weighted by atomic mass is 10.0. The number of benzene rings is 1. The Morgan fingerprint density at radius 3 is 2.29 bits per heavy atom. The Morgan fingerprint density at radius 1 is 0.929 bits per heavy atom. The van der Waals surface area contributed by atoms with Gasteiger partial charge in [0, 0.05) is 56.8 Å². The zero-order chi connectivity index (χ0) is 19.1. The first-order valence-corrected chi connectivity index (χ1v) is 9.60.